The summed E-state index contributed by atoms with van der Waals surface area (Å²) in [5.41, 5.74) is 6.05. The van der Waals surface area contributed by atoms with Gasteiger partial charge in [0.1, 0.15) is 0 Å². The molecule has 7 heteroatoms. The van der Waals surface area contributed by atoms with Crippen LogP contribution in [-0.4, -0.2) is 38.8 Å². The summed E-state index contributed by atoms with van der Waals surface area (Å²) < 4.78 is 23.0. The second-order valence-corrected chi connectivity index (χ2v) is 6.91. The Kier molecular flexibility index (Phi) is 5.52. The molecule has 1 amide bonds. The van der Waals surface area contributed by atoms with E-state index in [4.69, 9.17) is 10.8 Å². The van der Waals surface area contributed by atoms with Gasteiger partial charge in [-0.05, 0) is 30.5 Å². The number of hydrogen-bond acceptors (Lipinski definition) is 5. The lowest BCUT2D eigenvalue weighted by Crippen LogP contribution is -2.28. The maximum atomic E-state index is 12.0. The number of hydrogen-bond donors (Lipinski definition) is 3. The number of nitrogens with two attached hydrogens (primary N) is 1. The monoisotopic (exact) mass is 300 g/mol. The third kappa shape index (κ3) is 4.82. The van der Waals surface area contributed by atoms with Crippen LogP contribution in [0.5, 0.6) is 0 Å². The van der Waals surface area contributed by atoms with Crippen molar-refractivity contribution in [3.05, 3.63) is 23.8 Å². The molecular weight excluding hydrogens is 280 g/mol. The van der Waals surface area contributed by atoms with E-state index in [1.165, 1.54) is 18.2 Å². The SMILES string of the molecule is CC(CCO)CNC(=O)c1cc(N)cc(S(C)(=O)=O)c1. The van der Waals surface area contributed by atoms with Crippen molar-refractivity contribution in [2.24, 2.45) is 5.92 Å². The molecule has 0 radical (unpaired) electrons. The van der Waals surface area contributed by atoms with Crippen molar-refractivity contribution in [2.45, 2.75) is 18.2 Å². The Labute approximate surface area is 118 Å². The van der Waals surface area contributed by atoms with Crippen LogP contribution in [0, 0.1) is 5.92 Å². The number of benzene rings is 1. The zero-order valence-corrected chi connectivity index (χ0v) is 12.4. The first kappa shape index (κ1) is 16.5. The molecule has 0 bridgehead atoms. The molecule has 0 saturated heterocycles. The van der Waals surface area contributed by atoms with Gasteiger partial charge in [0.25, 0.3) is 5.91 Å². The zero-order valence-electron chi connectivity index (χ0n) is 11.6. The van der Waals surface area contributed by atoms with E-state index in [1.54, 1.807) is 0 Å². The van der Waals surface area contributed by atoms with Crippen molar-refractivity contribution >= 4 is 21.4 Å². The number of aliphatic hydroxyl groups excluding tert-OH is 1. The highest BCUT2D eigenvalue weighted by atomic mass is 32.2. The molecule has 1 atom stereocenters. The van der Waals surface area contributed by atoms with Crippen LogP contribution in [0.2, 0.25) is 0 Å². The maximum absolute atomic E-state index is 12.0. The van der Waals surface area contributed by atoms with Crippen molar-refractivity contribution in [1.29, 1.82) is 0 Å². The number of sulfone groups is 1. The van der Waals surface area contributed by atoms with Gasteiger partial charge in [0.05, 0.1) is 4.90 Å². The van der Waals surface area contributed by atoms with Gasteiger partial charge in [0.15, 0.2) is 9.84 Å². The van der Waals surface area contributed by atoms with Crippen LogP contribution < -0.4 is 11.1 Å². The molecule has 0 aliphatic carbocycles. The van der Waals surface area contributed by atoms with Gasteiger partial charge in [-0.1, -0.05) is 6.92 Å². The molecule has 0 heterocycles. The highest BCUT2D eigenvalue weighted by molar-refractivity contribution is 7.90. The lowest BCUT2D eigenvalue weighted by atomic mass is 10.1. The van der Waals surface area contributed by atoms with Gasteiger partial charge >= 0.3 is 0 Å². The number of nitrogen functional groups attached to an aromatic ring is 1. The first-order valence-electron chi connectivity index (χ1n) is 6.23. The van der Waals surface area contributed by atoms with Crippen LogP contribution in [0.4, 0.5) is 5.69 Å². The highest BCUT2D eigenvalue weighted by Crippen LogP contribution is 2.17. The van der Waals surface area contributed by atoms with Gasteiger partial charge < -0.3 is 16.2 Å². The molecule has 1 unspecified atom stereocenters. The highest BCUT2D eigenvalue weighted by Gasteiger charge is 2.14. The van der Waals surface area contributed by atoms with Crippen LogP contribution >= 0.6 is 0 Å². The van der Waals surface area contributed by atoms with E-state index in [0.717, 1.165) is 6.26 Å². The first-order chi connectivity index (χ1) is 9.24. The van der Waals surface area contributed by atoms with E-state index < -0.39 is 9.84 Å². The lowest BCUT2D eigenvalue weighted by Gasteiger charge is -2.12. The quantitative estimate of drug-likeness (QED) is 0.660. The lowest BCUT2D eigenvalue weighted by molar-refractivity contribution is 0.0945. The number of anilines is 1. The van der Waals surface area contributed by atoms with Crippen LogP contribution in [0.15, 0.2) is 23.1 Å². The van der Waals surface area contributed by atoms with Crippen LogP contribution in [0.1, 0.15) is 23.7 Å². The number of aliphatic hydroxyl groups is 1. The minimum atomic E-state index is -3.41. The molecule has 0 fully saturated rings. The average Bonchev–Trinajstić information content (AvgIpc) is 2.34. The summed E-state index contributed by atoms with van der Waals surface area (Å²) in [6, 6.07) is 4.05. The van der Waals surface area contributed by atoms with Crippen molar-refractivity contribution in [3.8, 4) is 0 Å². The third-order valence-electron chi connectivity index (χ3n) is 2.85. The number of rotatable bonds is 6. The second-order valence-electron chi connectivity index (χ2n) is 4.89. The Morgan fingerprint density at radius 1 is 1.40 bits per heavy atom. The van der Waals surface area contributed by atoms with E-state index in [2.05, 4.69) is 5.32 Å². The summed E-state index contributed by atoms with van der Waals surface area (Å²) in [4.78, 5) is 12.0. The molecule has 1 aromatic rings. The molecule has 0 aromatic heterocycles. The minimum Gasteiger partial charge on any atom is -0.399 e. The number of carbonyl (C=O) groups excluding carboxylic acids is 1. The van der Waals surface area contributed by atoms with Crippen LogP contribution in [0.3, 0.4) is 0 Å². The van der Waals surface area contributed by atoms with Crippen molar-refractivity contribution < 1.29 is 18.3 Å². The predicted octanol–water partition coefficient (Wildman–Crippen LogP) is 0.421. The zero-order chi connectivity index (χ0) is 15.3. The van der Waals surface area contributed by atoms with E-state index in [0.29, 0.717) is 13.0 Å². The summed E-state index contributed by atoms with van der Waals surface area (Å²) in [6.07, 6.45) is 1.65. The fourth-order valence-corrected chi connectivity index (χ4v) is 2.35. The van der Waals surface area contributed by atoms with Crippen LogP contribution in [-0.2, 0) is 9.84 Å². The normalized spacial score (nSPS) is 12.9. The van der Waals surface area contributed by atoms with Crippen molar-refractivity contribution in [3.63, 3.8) is 0 Å². The summed E-state index contributed by atoms with van der Waals surface area (Å²) in [7, 11) is -3.41. The summed E-state index contributed by atoms with van der Waals surface area (Å²) in [6.45, 7) is 2.37. The predicted molar refractivity (Wildman–Crippen MR) is 77.2 cm³/mol. The van der Waals surface area contributed by atoms with Gasteiger partial charge in [-0.3, -0.25) is 4.79 Å². The van der Waals surface area contributed by atoms with Gasteiger partial charge in [-0.25, -0.2) is 8.42 Å². The van der Waals surface area contributed by atoms with E-state index in [1.807, 2.05) is 6.92 Å². The fraction of sp³-hybridized carbons (Fsp3) is 0.462. The molecule has 0 saturated carbocycles. The topological polar surface area (TPSA) is 109 Å². The van der Waals surface area contributed by atoms with E-state index in [9.17, 15) is 13.2 Å². The summed E-state index contributed by atoms with van der Waals surface area (Å²) >= 11 is 0. The molecule has 1 rings (SSSR count). The molecule has 1 aromatic carbocycles. The Hall–Kier alpha value is -1.60. The Morgan fingerprint density at radius 2 is 2.05 bits per heavy atom. The summed E-state index contributed by atoms with van der Waals surface area (Å²) in [5, 5.41) is 11.5. The van der Waals surface area contributed by atoms with E-state index >= 15 is 0 Å². The molecule has 0 aliphatic rings. The Morgan fingerprint density at radius 3 is 2.60 bits per heavy atom. The van der Waals surface area contributed by atoms with Gasteiger partial charge in [-0.15, -0.1) is 0 Å². The largest absolute Gasteiger partial charge is 0.399 e. The Bertz CT molecular complexity index is 584. The van der Waals surface area contributed by atoms with Crippen LogP contribution in [0.25, 0.3) is 0 Å². The molecule has 0 spiro atoms. The number of carbonyl (C=O) groups is 1. The average molecular weight is 300 g/mol. The number of nitrogens with one attached hydrogen (secondary N) is 1. The standard InChI is InChI=1S/C13H20N2O4S/c1-9(3-4-16)8-15-13(17)10-5-11(14)7-12(6-10)20(2,18)19/h5-7,9,16H,3-4,8,14H2,1-2H3,(H,15,17). The van der Waals surface area contributed by atoms with E-state index in [-0.39, 0.29) is 34.6 Å². The van der Waals surface area contributed by atoms with Gasteiger partial charge in [-0.2, -0.15) is 0 Å². The smallest absolute Gasteiger partial charge is 0.251 e. The van der Waals surface area contributed by atoms with Crippen molar-refractivity contribution in [1.82, 2.24) is 5.32 Å². The molecule has 112 valence electrons. The summed E-state index contributed by atoms with van der Waals surface area (Å²) in [5.74, 6) is -0.244. The van der Waals surface area contributed by atoms with Crippen molar-refractivity contribution in [2.75, 3.05) is 25.1 Å². The molecule has 6 nitrogen and oxygen atoms in total. The number of amides is 1. The minimum absolute atomic E-state index is 0.0195. The second kappa shape index (κ2) is 6.71. The Balaban J connectivity index is 2.86. The van der Waals surface area contributed by atoms with Gasteiger partial charge in [0.2, 0.25) is 0 Å². The fourth-order valence-electron chi connectivity index (χ4n) is 1.66. The first-order valence-corrected chi connectivity index (χ1v) is 8.13. The third-order valence-corrected chi connectivity index (χ3v) is 3.94. The molecular formula is C13H20N2O4S. The molecule has 0 aliphatic heterocycles. The molecule has 20 heavy (non-hydrogen) atoms. The maximum Gasteiger partial charge on any atom is 0.251 e. The molecule has 4 N–H and O–H groups in total. The van der Waals surface area contributed by atoms with Gasteiger partial charge in [0, 0.05) is 30.7 Å².